The summed E-state index contributed by atoms with van der Waals surface area (Å²) in [5, 5.41) is 29.4. The van der Waals surface area contributed by atoms with E-state index in [1.807, 2.05) is 0 Å². The smallest absolute Gasteiger partial charge is 0.150 e. The maximum atomic E-state index is 11.2. The Hall–Kier alpha value is -3.47. The van der Waals surface area contributed by atoms with Gasteiger partial charge in [-0.15, -0.1) is 0 Å². The molecule has 0 aromatic heterocycles. The van der Waals surface area contributed by atoms with Crippen LogP contribution in [-0.4, -0.2) is 21.6 Å². The number of carbonyl (C=O) groups excluding carboxylic acids is 1. The summed E-state index contributed by atoms with van der Waals surface area (Å²) < 4.78 is 6.12. The van der Waals surface area contributed by atoms with Crippen molar-refractivity contribution in [3.8, 4) is 23.0 Å². The van der Waals surface area contributed by atoms with E-state index in [0.717, 1.165) is 17.4 Å². The van der Waals surface area contributed by atoms with E-state index in [4.69, 9.17) is 4.74 Å². The molecule has 0 aliphatic carbocycles. The predicted octanol–water partition coefficient (Wildman–Crippen LogP) is 3.88. The second-order valence-electron chi connectivity index (χ2n) is 6.31. The van der Waals surface area contributed by atoms with Gasteiger partial charge >= 0.3 is 0 Å². The first-order chi connectivity index (χ1) is 12.5. The molecule has 3 aromatic rings. The number of hydrogen-bond acceptors (Lipinski definition) is 5. The lowest BCUT2D eigenvalue weighted by Crippen LogP contribution is -2.11. The van der Waals surface area contributed by atoms with Crippen LogP contribution in [0.1, 0.15) is 39.1 Å². The molecule has 0 spiro atoms. The van der Waals surface area contributed by atoms with Crippen LogP contribution < -0.4 is 4.74 Å². The second kappa shape index (κ2) is 6.11. The number of ether oxygens (including phenoxy) is 1. The minimum Gasteiger partial charge on any atom is -0.508 e. The molecule has 3 aromatic carbocycles. The molecule has 130 valence electrons. The predicted molar refractivity (Wildman–Crippen MR) is 94.9 cm³/mol. The Labute approximate surface area is 149 Å². The van der Waals surface area contributed by atoms with Crippen molar-refractivity contribution in [1.29, 1.82) is 0 Å². The summed E-state index contributed by atoms with van der Waals surface area (Å²) in [6.07, 6.45) is 0.347. The first-order valence-corrected chi connectivity index (χ1v) is 8.13. The molecule has 2 atom stereocenters. The normalized spacial score (nSPS) is 18.2. The number of benzene rings is 3. The zero-order chi connectivity index (χ0) is 18.3. The lowest BCUT2D eigenvalue weighted by atomic mass is 9.84. The van der Waals surface area contributed by atoms with Gasteiger partial charge in [-0.25, -0.2) is 0 Å². The molecule has 0 bridgehead atoms. The molecular weight excluding hydrogens is 332 g/mol. The van der Waals surface area contributed by atoms with Gasteiger partial charge in [-0.3, -0.25) is 4.79 Å². The largest absolute Gasteiger partial charge is 0.508 e. The lowest BCUT2D eigenvalue weighted by molar-refractivity contribution is 0.112. The van der Waals surface area contributed by atoms with Crippen molar-refractivity contribution in [3.05, 3.63) is 82.9 Å². The van der Waals surface area contributed by atoms with Crippen molar-refractivity contribution in [2.45, 2.75) is 12.0 Å². The number of aromatic hydroxyl groups is 3. The van der Waals surface area contributed by atoms with Gasteiger partial charge in [0.2, 0.25) is 0 Å². The number of phenols is 3. The Morgan fingerprint density at radius 3 is 2.12 bits per heavy atom. The van der Waals surface area contributed by atoms with Crippen molar-refractivity contribution < 1.29 is 24.9 Å². The Morgan fingerprint density at radius 2 is 1.46 bits per heavy atom. The fourth-order valence-electron chi connectivity index (χ4n) is 3.43. The first-order valence-electron chi connectivity index (χ1n) is 8.13. The Kier molecular flexibility index (Phi) is 3.77. The molecular formula is C21H16O5. The molecule has 3 N–H and O–H groups in total. The molecule has 0 saturated carbocycles. The van der Waals surface area contributed by atoms with E-state index in [-0.39, 0.29) is 23.2 Å². The van der Waals surface area contributed by atoms with Crippen LogP contribution in [-0.2, 0) is 0 Å². The molecule has 5 heteroatoms. The lowest BCUT2D eigenvalue weighted by Gasteiger charge is -2.20. The summed E-state index contributed by atoms with van der Waals surface area (Å²) in [6.45, 7) is 0. The number of carbonyl (C=O) groups is 1. The molecule has 0 radical (unpaired) electrons. The van der Waals surface area contributed by atoms with E-state index >= 15 is 0 Å². The fourth-order valence-corrected chi connectivity index (χ4v) is 3.43. The van der Waals surface area contributed by atoms with Gasteiger partial charge in [0.25, 0.3) is 0 Å². The molecule has 2 unspecified atom stereocenters. The summed E-state index contributed by atoms with van der Waals surface area (Å²) in [4.78, 5) is 11.2. The second-order valence-corrected chi connectivity index (χ2v) is 6.31. The molecule has 26 heavy (non-hydrogen) atoms. The quantitative estimate of drug-likeness (QED) is 0.625. The van der Waals surface area contributed by atoms with Crippen molar-refractivity contribution in [2.75, 3.05) is 0 Å². The van der Waals surface area contributed by atoms with Crippen LogP contribution in [0.2, 0.25) is 0 Å². The van der Waals surface area contributed by atoms with Gasteiger partial charge in [0.05, 0.1) is 5.92 Å². The highest BCUT2D eigenvalue weighted by molar-refractivity contribution is 5.76. The number of hydrogen-bond donors (Lipinski definition) is 3. The highest BCUT2D eigenvalue weighted by atomic mass is 16.5. The van der Waals surface area contributed by atoms with Gasteiger partial charge in [-0.2, -0.15) is 0 Å². The third kappa shape index (κ3) is 2.73. The van der Waals surface area contributed by atoms with E-state index < -0.39 is 6.10 Å². The molecule has 1 aliphatic heterocycles. The van der Waals surface area contributed by atoms with Crippen LogP contribution in [0.4, 0.5) is 0 Å². The summed E-state index contributed by atoms with van der Waals surface area (Å²) in [6, 6.07) is 16.3. The third-order valence-corrected chi connectivity index (χ3v) is 4.57. The number of rotatable bonds is 3. The van der Waals surface area contributed by atoms with Crippen LogP contribution in [0.15, 0.2) is 60.7 Å². The molecule has 1 aliphatic rings. The Morgan fingerprint density at radius 1 is 0.769 bits per heavy atom. The van der Waals surface area contributed by atoms with Gasteiger partial charge in [-0.05, 0) is 53.6 Å². The van der Waals surface area contributed by atoms with E-state index in [2.05, 4.69) is 0 Å². The minimum absolute atomic E-state index is 0.0514. The van der Waals surface area contributed by atoms with Gasteiger partial charge in [0, 0.05) is 17.2 Å². The van der Waals surface area contributed by atoms with Gasteiger partial charge in [0.1, 0.15) is 35.4 Å². The number of phenolic OH excluding ortho intramolecular Hbond substituents is 3. The molecule has 4 rings (SSSR count). The molecule has 5 nitrogen and oxygen atoms in total. The fraction of sp³-hybridized carbons (Fsp3) is 0.0952. The molecule has 0 saturated heterocycles. The van der Waals surface area contributed by atoms with Crippen molar-refractivity contribution >= 4 is 6.29 Å². The van der Waals surface area contributed by atoms with Crippen LogP contribution in [0.3, 0.4) is 0 Å². The van der Waals surface area contributed by atoms with Gasteiger partial charge in [-0.1, -0.05) is 12.1 Å². The van der Waals surface area contributed by atoms with Crippen LogP contribution in [0.25, 0.3) is 0 Å². The maximum absolute atomic E-state index is 11.2. The summed E-state index contributed by atoms with van der Waals surface area (Å²) >= 11 is 0. The summed E-state index contributed by atoms with van der Waals surface area (Å²) in [5.41, 5.74) is 2.83. The third-order valence-electron chi connectivity index (χ3n) is 4.57. The molecule has 1 heterocycles. The molecule has 0 amide bonds. The van der Waals surface area contributed by atoms with Crippen molar-refractivity contribution in [2.24, 2.45) is 0 Å². The number of fused-ring (bicyclic) bond motifs is 1. The van der Waals surface area contributed by atoms with Crippen molar-refractivity contribution in [1.82, 2.24) is 0 Å². The monoisotopic (exact) mass is 348 g/mol. The van der Waals surface area contributed by atoms with Crippen molar-refractivity contribution in [3.63, 3.8) is 0 Å². The number of aldehydes is 1. The Bertz CT molecular complexity index is 958. The SMILES string of the molecule is O=Cc1ccc2c(c1)C(c1cc(O)cc(O)c1)C(c1ccc(O)cc1)O2. The van der Waals surface area contributed by atoms with Crippen LogP contribution in [0.5, 0.6) is 23.0 Å². The van der Waals surface area contributed by atoms with E-state index in [9.17, 15) is 20.1 Å². The maximum Gasteiger partial charge on any atom is 0.150 e. The van der Waals surface area contributed by atoms with E-state index in [1.165, 1.54) is 6.07 Å². The van der Waals surface area contributed by atoms with Crippen LogP contribution >= 0.6 is 0 Å². The average Bonchev–Trinajstić information content (AvgIpc) is 3.00. The summed E-state index contributed by atoms with van der Waals surface area (Å²) in [5.74, 6) is 0.363. The summed E-state index contributed by atoms with van der Waals surface area (Å²) in [7, 11) is 0. The highest BCUT2D eigenvalue weighted by Gasteiger charge is 2.37. The standard InChI is InChI=1S/C21H16O5/c22-11-12-1-6-19-18(7-12)20(14-8-16(24)10-17(25)9-14)21(26-19)13-2-4-15(23)5-3-13/h1-11,20-21,23-25H. The minimum atomic E-state index is -0.422. The van der Waals surface area contributed by atoms with Gasteiger partial charge in [0.15, 0.2) is 0 Å². The topological polar surface area (TPSA) is 87.0 Å². The zero-order valence-electron chi connectivity index (χ0n) is 13.7. The van der Waals surface area contributed by atoms with E-state index in [0.29, 0.717) is 16.9 Å². The van der Waals surface area contributed by atoms with E-state index in [1.54, 1.807) is 54.6 Å². The van der Waals surface area contributed by atoms with Crippen LogP contribution in [0, 0.1) is 0 Å². The first kappa shape index (κ1) is 16.0. The highest BCUT2D eigenvalue weighted by Crippen LogP contribution is 2.50. The Balaban J connectivity index is 1.88. The zero-order valence-corrected chi connectivity index (χ0v) is 13.7. The van der Waals surface area contributed by atoms with Gasteiger partial charge < -0.3 is 20.1 Å². The molecule has 0 fully saturated rings. The average molecular weight is 348 g/mol.